The first-order chi connectivity index (χ1) is 12.7. The topological polar surface area (TPSA) is 80.3 Å². The van der Waals surface area contributed by atoms with Gasteiger partial charge in [-0.25, -0.2) is 4.57 Å². The molecule has 0 aliphatic rings. The SMILES string of the molecule is NC(=O)c1cc[n+](Cc2cccc(C[n+]3ccccc3CN=O)c2)cc1. The minimum atomic E-state index is -0.431. The number of benzene rings is 1. The van der Waals surface area contributed by atoms with Crippen molar-refractivity contribution in [3.05, 3.63) is 100 Å². The van der Waals surface area contributed by atoms with E-state index in [9.17, 15) is 9.70 Å². The first-order valence-corrected chi connectivity index (χ1v) is 8.29. The summed E-state index contributed by atoms with van der Waals surface area (Å²) in [5, 5.41) is 2.99. The molecule has 0 bridgehead atoms. The molecule has 2 aromatic heterocycles. The summed E-state index contributed by atoms with van der Waals surface area (Å²) in [5.41, 5.74) is 8.92. The van der Waals surface area contributed by atoms with Crippen molar-refractivity contribution in [2.75, 3.05) is 0 Å². The lowest BCUT2D eigenvalue weighted by Crippen LogP contribution is -2.38. The van der Waals surface area contributed by atoms with Crippen LogP contribution in [0.4, 0.5) is 0 Å². The molecule has 0 fully saturated rings. The predicted molar refractivity (Wildman–Crippen MR) is 95.9 cm³/mol. The average molecular weight is 348 g/mol. The zero-order valence-corrected chi connectivity index (χ0v) is 14.3. The zero-order chi connectivity index (χ0) is 18.4. The third-order valence-corrected chi connectivity index (χ3v) is 4.15. The fraction of sp³-hybridized carbons (Fsp3) is 0.150. The Balaban J connectivity index is 1.76. The fourth-order valence-electron chi connectivity index (χ4n) is 2.84. The highest BCUT2D eigenvalue weighted by molar-refractivity contribution is 5.92. The smallest absolute Gasteiger partial charge is 0.249 e. The maximum Gasteiger partial charge on any atom is 0.249 e. The number of nitrogens with zero attached hydrogens (tertiary/aromatic N) is 3. The molecule has 0 aliphatic heterocycles. The van der Waals surface area contributed by atoms with Crippen molar-refractivity contribution in [3.63, 3.8) is 0 Å². The standard InChI is InChI=1S/C20H19N4O2/c21-20(25)18-7-10-23(11-8-18)14-16-4-3-5-17(12-16)15-24-9-2-1-6-19(24)13-22-26/h1-12H,13-15H2,(H-,21,25)/q+1/p+1. The van der Waals surface area contributed by atoms with Crippen molar-refractivity contribution < 1.29 is 13.9 Å². The number of nitroso groups, excluding NO2 is 1. The minimum Gasteiger partial charge on any atom is -0.366 e. The molecule has 130 valence electrons. The summed E-state index contributed by atoms with van der Waals surface area (Å²) in [6, 6.07) is 17.4. The van der Waals surface area contributed by atoms with E-state index in [0.717, 1.165) is 16.8 Å². The molecule has 0 aliphatic carbocycles. The quantitative estimate of drug-likeness (QED) is 0.521. The number of carbonyl (C=O) groups excluding carboxylic acids is 1. The van der Waals surface area contributed by atoms with Crippen molar-refractivity contribution in [3.8, 4) is 0 Å². The maximum absolute atomic E-state index is 11.1. The van der Waals surface area contributed by atoms with E-state index in [1.54, 1.807) is 12.1 Å². The highest BCUT2D eigenvalue weighted by Crippen LogP contribution is 2.06. The molecule has 3 aromatic rings. The van der Waals surface area contributed by atoms with Gasteiger partial charge in [-0.15, -0.1) is 0 Å². The molecule has 1 amide bonds. The first-order valence-electron chi connectivity index (χ1n) is 8.29. The van der Waals surface area contributed by atoms with Crippen molar-refractivity contribution >= 4 is 5.91 Å². The van der Waals surface area contributed by atoms with Crippen LogP contribution in [0.1, 0.15) is 27.2 Å². The van der Waals surface area contributed by atoms with Gasteiger partial charge >= 0.3 is 0 Å². The van der Waals surface area contributed by atoms with Gasteiger partial charge in [0.2, 0.25) is 11.6 Å². The molecule has 6 heteroatoms. The van der Waals surface area contributed by atoms with Crippen LogP contribution in [0.2, 0.25) is 0 Å². The van der Waals surface area contributed by atoms with E-state index >= 15 is 0 Å². The lowest BCUT2D eigenvalue weighted by Gasteiger charge is -2.04. The Morgan fingerprint density at radius 2 is 1.65 bits per heavy atom. The Bertz CT molecular complexity index is 923. The Morgan fingerprint density at radius 1 is 0.923 bits per heavy atom. The van der Waals surface area contributed by atoms with Crippen molar-refractivity contribution in [2.24, 2.45) is 10.9 Å². The number of carbonyl (C=O) groups is 1. The van der Waals surface area contributed by atoms with Crippen LogP contribution in [0.5, 0.6) is 0 Å². The summed E-state index contributed by atoms with van der Waals surface area (Å²) in [6.07, 6.45) is 5.63. The van der Waals surface area contributed by atoms with Gasteiger partial charge in [0.1, 0.15) is 0 Å². The van der Waals surface area contributed by atoms with Gasteiger partial charge in [0.15, 0.2) is 38.2 Å². The molecule has 0 unspecified atom stereocenters. The monoisotopic (exact) mass is 348 g/mol. The molecule has 0 radical (unpaired) electrons. The second-order valence-electron chi connectivity index (χ2n) is 6.05. The number of aromatic nitrogens is 2. The fourth-order valence-corrected chi connectivity index (χ4v) is 2.84. The molecule has 2 N–H and O–H groups in total. The molecule has 3 rings (SSSR count). The highest BCUT2D eigenvalue weighted by Gasteiger charge is 2.12. The molecular formula is C20H20N4O2+2. The van der Waals surface area contributed by atoms with Gasteiger partial charge in [0.05, 0.1) is 5.56 Å². The lowest BCUT2D eigenvalue weighted by atomic mass is 10.1. The molecular weight excluding hydrogens is 328 g/mol. The maximum atomic E-state index is 11.1. The van der Waals surface area contributed by atoms with E-state index in [-0.39, 0.29) is 6.54 Å². The molecule has 0 saturated heterocycles. The van der Waals surface area contributed by atoms with Gasteiger partial charge in [0.25, 0.3) is 0 Å². The molecule has 26 heavy (non-hydrogen) atoms. The van der Waals surface area contributed by atoms with Crippen LogP contribution in [-0.4, -0.2) is 5.91 Å². The van der Waals surface area contributed by atoms with Crippen molar-refractivity contribution in [2.45, 2.75) is 19.6 Å². The molecule has 6 nitrogen and oxygen atoms in total. The molecule has 0 atom stereocenters. The van der Waals surface area contributed by atoms with Crippen LogP contribution in [-0.2, 0) is 19.6 Å². The van der Waals surface area contributed by atoms with Crippen LogP contribution in [0.3, 0.4) is 0 Å². The number of pyridine rings is 2. The molecule has 0 saturated carbocycles. The second-order valence-corrected chi connectivity index (χ2v) is 6.05. The highest BCUT2D eigenvalue weighted by atomic mass is 16.3. The van der Waals surface area contributed by atoms with Gasteiger partial charge in [0, 0.05) is 35.4 Å². The van der Waals surface area contributed by atoms with Crippen LogP contribution in [0.25, 0.3) is 0 Å². The minimum absolute atomic E-state index is 0.155. The van der Waals surface area contributed by atoms with Gasteiger partial charge in [-0.2, -0.15) is 9.47 Å². The Hall–Kier alpha value is -3.41. The Kier molecular flexibility index (Phi) is 5.43. The van der Waals surface area contributed by atoms with Crippen LogP contribution in [0.15, 0.2) is 78.4 Å². The van der Waals surface area contributed by atoms with E-state index in [1.807, 2.05) is 52.0 Å². The van der Waals surface area contributed by atoms with Crippen molar-refractivity contribution in [1.29, 1.82) is 0 Å². The number of amides is 1. The Labute approximate surface area is 151 Å². The number of hydrogen-bond acceptors (Lipinski definition) is 3. The van der Waals surface area contributed by atoms with E-state index in [4.69, 9.17) is 5.73 Å². The summed E-state index contributed by atoms with van der Waals surface area (Å²) in [7, 11) is 0. The number of nitrogens with two attached hydrogens (primary N) is 1. The van der Waals surface area contributed by atoms with Crippen LogP contribution < -0.4 is 14.9 Å². The number of rotatable bonds is 7. The van der Waals surface area contributed by atoms with Crippen LogP contribution in [0, 0.1) is 4.91 Å². The van der Waals surface area contributed by atoms with Crippen molar-refractivity contribution in [1.82, 2.24) is 0 Å². The van der Waals surface area contributed by atoms with Gasteiger partial charge < -0.3 is 5.73 Å². The number of primary amides is 1. The van der Waals surface area contributed by atoms with E-state index in [0.29, 0.717) is 18.7 Å². The summed E-state index contributed by atoms with van der Waals surface area (Å²) >= 11 is 0. The number of hydrogen-bond donors (Lipinski definition) is 1. The van der Waals surface area contributed by atoms with Gasteiger partial charge in [-0.05, 0) is 6.07 Å². The van der Waals surface area contributed by atoms with Gasteiger partial charge in [-0.3, -0.25) is 4.79 Å². The first kappa shape index (κ1) is 17.4. The van der Waals surface area contributed by atoms with Crippen LogP contribution >= 0.6 is 0 Å². The second kappa shape index (κ2) is 8.11. The third-order valence-electron chi connectivity index (χ3n) is 4.15. The molecule has 1 aromatic carbocycles. The summed E-state index contributed by atoms with van der Waals surface area (Å²) in [4.78, 5) is 21.8. The molecule has 0 spiro atoms. The normalized spacial score (nSPS) is 10.5. The lowest BCUT2D eigenvalue weighted by molar-refractivity contribution is -0.695. The zero-order valence-electron chi connectivity index (χ0n) is 14.3. The third kappa shape index (κ3) is 4.36. The molecule has 2 heterocycles. The summed E-state index contributed by atoms with van der Waals surface area (Å²) in [5.74, 6) is -0.431. The summed E-state index contributed by atoms with van der Waals surface area (Å²) in [6.45, 7) is 1.52. The average Bonchev–Trinajstić information content (AvgIpc) is 2.64. The summed E-state index contributed by atoms with van der Waals surface area (Å²) < 4.78 is 4.01. The van der Waals surface area contributed by atoms with E-state index in [1.165, 1.54) is 0 Å². The van der Waals surface area contributed by atoms with Gasteiger partial charge in [-0.1, -0.05) is 29.4 Å². The Morgan fingerprint density at radius 3 is 2.35 bits per heavy atom. The largest absolute Gasteiger partial charge is 0.366 e. The van der Waals surface area contributed by atoms with E-state index < -0.39 is 5.91 Å². The van der Waals surface area contributed by atoms with E-state index in [2.05, 4.69) is 23.4 Å². The predicted octanol–water partition coefficient (Wildman–Crippen LogP) is 1.72.